The average Bonchev–Trinajstić information content (AvgIpc) is 3.36. The number of rotatable bonds is 7. The fourth-order valence-corrected chi connectivity index (χ4v) is 3.67. The van der Waals surface area contributed by atoms with E-state index in [1.54, 1.807) is 23.1 Å². The monoisotopic (exact) mass is 414 g/mol. The number of hydrogen-bond donors (Lipinski definition) is 2. The Balaban J connectivity index is 1.76. The van der Waals surface area contributed by atoms with Gasteiger partial charge in [0.05, 0.1) is 12.1 Å². The molecule has 0 radical (unpaired) electrons. The second kappa shape index (κ2) is 8.95. The summed E-state index contributed by atoms with van der Waals surface area (Å²) in [7, 11) is 0. The van der Waals surface area contributed by atoms with E-state index in [1.165, 1.54) is 0 Å². The Morgan fingerprint density at radius 1 is 1.17 bits per heavy atom. The van der Waals surface area contributed by atoms with E-state index in [0.29, 0.717) is 24.1 Å². The Hall–Kier alpha value is -2.74. The highest BCUT2D eigenvalue weighted by molar-refractivity contribution is 6.01. The SMILES string of the molecule is CC(C)[C@H](N)C(=O)N1CCC[C@H]1C(=O)N[C@H](C(=O)c1nc2ccccc2o1)C(C)C. The normalized spacial score (nSPS) is 18.8. The molecule has 0 aliphatic carbocycles. The predicted octanol–water partition coefficient (Wildman–Crippen LogP) is 2.13. The molecule has 1 aliphatic rings. The first-order chi connectivity index (χ1) is 14.2. The van der Waals surface area contributed by atoms with E-state index in [0.717, 1.165) is 6.42 Å². The van der Waals surface area contributed by atoms with Crippen LogP contribution >= 0.6 is 0 Å². The van der Waals surface area contributed by atoms with Crippen molar-refractivity contribution in [2.24, 2.45) is 17.6 Å². The van der Waals surface area contributed by atoms with E-state index >= 15 is 0 Å². The first kappa shape index (κ1) is 22.0. The lowest BCUT2D eigenvalue weighted by Gasteiger charge is -2.29. The van der Waals surface area contributed by atoms with E-state index < -0.39 is 18.1 Å². The van der Waals surface area contributed by atoms with Gasteiger partial charge < -0.3 is 20.4 Å². The molecular formula is C22H30N4O4. The molecule has 2 heterocycles. The highest BCUT2D eigenvalue weighted by atomic mass is 16.4. The van der Waals surface area contributed by atoms with E-state index in [9.17, 15) is 14.4 Å². The van der Waals surface area contributed by atoms with Crippen LogP contribution < -0.4 is 11.1 Å². The highest BCUT2D eigenvalue weighted by Crippen LogP contribution is 2.22. The molecule has 8 nitrogen and oxygen atoms in total. The molecule has 0 unspecified atom stereocenters. The maximum Gasteiger partial charge on any atom is 0.266 e. The number of amides is 2. The number of nitrogens with two attached hydrogens (primary N) is 1. The number of nitrogens with one attached hydrogen (secondary N) is 1. The molecule has 3 atom stereocenters. The zero-order valence-corrected chi connectivity index (χ0v) is 17.9. The fourth-order valence-electron chi connectivity index (χ4n) is 3.67. The predicted molar refractivity (Wildman–Crippen MR) is 113 cm³/mol. The molecular weight excluding hydrogens is 384 g/mol. The van der Waals surface area contributed by atoms with Crippen molar-refractivity contribution in [3.05, 3.63) is 30.2 Å². The molecule has 0 saturated carbocycles. The summed E-state index contributed by atoms with van der Waals surface area (Å²) in [5.41, 5.74) is 7.12. The minimum Gasteiger partial charge on any atom is -0.434 e. The van der Waals surface area contributed by atoms with Gasteiger partial charge in [-0.05, 0) is 36.8 Å². The van der Waals surface area contributed by atoms with Crippen LogP contribution in [0.3, 0.4) is 0 Å². The zero-order chi connectivity index (χ0) is 22.0. The number of benzene rings is 1. The van der Waals surface area contributed by atoms with Crippen LogP contribution in [0, 0.1) is 11.8 Å². The van der Waals surface area contributed by atoms with E-state index in [2.05, 4.69) is 10.3 Å². The van der Waals surface area contributed by atoms with E-state index in [1.807, 2.05) is 33.8 Å². The summed E-state index contributed by atoms with van der Waals surface area (Å²) in [5.74, 6) is -1.19. The molecule has 1 aliphatic heterocycles. The van der Waals surface area contributed by atoms with Gasteiger partial charge in [0.1, 0.15) is 11.6 Å². The number of oxazole rings is 1. The van der Waals surface area contributed by atoms with Crippen LogP contribution in [0.15, 0.2) is 28.7 Å². The van der Waals surface area contributed by atoms with Gasteiger partial charge in [-0.3, -0.25) is 14.4 Å². The van der Waals surface area contributed by atoms with Crippen molar-refractivity contribution in [3.8, 4) is 0 Å². The molecule has 1 fully saturated rings. The lowest BCUT2D eigenvalue weighted by Crippen LogP contribution is -2.55. The molecule has 1 aromatic heterocycles. The van der Waals surface area contributed by atoms with Gasteiger partial charge in [-0.15, -0.1) is 0 Å². The van der Waals surface area contributed by atoms with Crippen LogP contribution in [0.4, 0.5) is 0 Å². The van der Waals surface area contributed by atoms with E-state index in [4.69, 9.17) is 10.2 Å². The van der Waals surface area contributed by atoms with Crippen LogP contribution in [0.2, 0.25) is 0 Å². The Bertz CT molecular complexity index is 903. The van der Waals surface area contributed by atoms with Crippen molar-refractivity contribution < 1.29 is 18.8 Å². The van der Waals surface area contributed by atoms with Gasteiger partial charge in [0.15, 0.2) is 5.58 Å². The summed E-state index contributed by atoms with van der Waals surface area (Å²) in [4.78, 5) is 44.6. The number of para-hydroxylation sites is 2. The fraction of sp³-hybridized carbons (Fsp3) is 0.545. The lowest BCUT2D eigenvalue weighted by atomic mass is 9.98. The number of carbonyl (C=O) groups excluding carboxylic acids is 3. The van der Waals surface area contributed by atoms with Gasteiger partial charge in [-0.2, -0.15) is 0 Å². The number of aromatic nitrogens is 1. The summed E-state index contributed by atoms with van der Waals surface area (Å²) in [6.07, 6.45) is 1.27. The number of fused-ring (bicyclic) bond motifs is 1. The summed E-state index contributed by atoms with van der Waals surface area (Å²) < 4.78 is 5.59. The Kier molecular flexibility index (Phi) is 6.55. The second-order valence-corrected chi connectivity index (χ2v) is 8.54. The summed E-state index contributed by atoms with van der Waals surface area (Å²) in [6, 6.07) is 5.04. The minimum atomic E-state index is -0.804. The maximum atomic E-state index is 13.0. The second-order valence-electron chi connectivity index (χ2n) is 8.54. The topological polar surface area (TPSA) is 119 Å². The van der Waals surface area contributed by atoms with Gasteiger partial charge in [-0.1, -0.05) is 39.8 Å². The number of hydrogen-bond acceptors (Lipinski definition) is 6. The zero-order valence-electron chi connectivity index (χ0n) is 17.9. The Morgan fingerprint density at radius 3 is 2.50 bits per heavy atom. The molecule has 30 heavy (non-hydrogen) atoms. The first-order valence-corrected chi connectivity index (χ1v) is 10.5. The van der Waals surface area contributed by atoms with Gasteiger partial charge in [0, 0.05) is 6.54 Å². The number of nitrogens with zero attached hydrogens (tertiary/aromatic N) is 2. The average molecular weight is 415 g/mol. The third-order valence-electron chi connectivity index (χ3n) is 5.59. The highest BCUT2D eigenvalue weighted by Gasteiger charge is 2.39. The lowest BCUT2D eigenvalue weighted by molar-refractivity contribution is -0.140. The van der Waals surface area contributed by atoms with Crippen LogP contribution in [-0.2, 0) is 9.59 Å². The van der Waals surface area contributed by atoms with Gasteiger partial charge in [-0.25, -0.2) is 4.98 Å². The Labute approximate surface area is 176 Å². The van der Waals surface area contributed by atoms with Crippen molar-refractivity contribution >= 4 is 28.7 Å². The number of Topliss-reactive ketones (excluding diaryl/α,β-unsaturated/α-hetero) is 1. The molecule has 8 heteroatoms. The van der Waals surface area contributed by atoms with Crippen molar-refractivity contribution in [1.82, 2.24) is 15.2 Å². The summed E-state index contributed by atoms with van der Waals surface area (Å²) in [6.45, 7) is 7.93. The smallest absolute Gasteiger partial charge is 0.266 e. The summed E-state index contributed by atoms with van der Waals surface area (Å²) >= 11 is 0. The van der Waals surface area contributed by atoms with Crippen LogP contribution in [-0.4, -0.2) is 52.2 Å². The van der Waals surface area contributed by atoms with Crippen molar-refractivity contribution in [2.75, 3.05) is 6.54 Å². The molecule has 3 rings (SSSR count). The van der Waals surface area contributed by atoms with Gasteiger partial charge >= 0.3 is 0 Å². The van der Waals surface area contributed by atoms with E-state index in [-0.39, 0.29) is 35.3 Å². The van der Waals surface area contributed by atoms with Crippen LogP contribution in [0.25, 0.3) is 11.1 Å². The third-order valence-corrected chi connectivity index (χ3v) is 5.59. The minimum absolute atomic E-state index is 0.0223. The standard InChI is InChI=1S/C22H30N4O4/c1-12(2)17(23)22(29)26-11-7-9-15(26)20(28)25-18(13(3)4)19(27)21-24-14-8-5-6-10-16(14)30-21/h5-6,8,10,12-13,15,17-18H,7,9,11,23H2,1-4H3,(H,25,28)/t15-,17-,18-/m0/s1. The van der Waals surface area contributed by atoms with Crippen LogP contribution in [0.5, 0.6) is 0 Å². The van der Waals surface area contributed by atoms with Crippen LogP contribution in [0.1, 0.15) is 51.2 Å². The molecule has 1 saturated heterocycles. The first-order valence-electron chi connectivity index (χ1n) is 10.5. The molecule has 162 valence electrons. The largest absolute Gasteiger partial charge is 0.434 e. The molecule has 3 N–H and O–H groups in total. The molecule has 0 bridgehead atoms. The van der Waals surface area contributed by atoms with Crippen molar-refractivity contribution in [2.45, 2.75) is 58.7 Å². The number of carbonyl (C=O) groups is 3. The number of ketones is 1. The molecule has 1 aromatic carbocycles. The molecule has 2 aromatic rings. The van der Waals surface area contributed by atoms with Gasteiger partial charge in [0.25, 0.3) is 5.89 Å². The van der Waals surface area contributed by atoms with Crippen molar-refractivity contribution in [3.63, 3.8) is 0 Å². The molecule has 0 spiro atoms. The third kappa shape index (κ3) is 4.38. The van der Waals surface area contributed by atoms with Crippen molar-refractivity contribution in [1.29, 1.82) is 0 Å². The Morgan fingerprint density at radius 2 is 1.87 bits per heavy atom. The quantitative estimate of drug-likeness (QED) is 0.670. The van der Waals surface area contributed by atoms with Gasteiger partial charge in [0.2, 0.25) is 17.6 Å². The number of likely N-dealkylation sites (tertiary alicyclic amines) is 1. The summed E-state index contributed by atoms with van der Waals surface area (Å²) in [5, 5.41) is 2.83. The maximum absolute atomic E-state index is 13.0. The molecule has 2 amide bonds.